The largest absolute Gasteiger partial charge is 0.383 e. The second-order valence-corrected chi connectivity index (χ2v) is 2.92. The molecule has 0 unspecified atom stereocenters. The van der Waals surface area contributed by atoms with E-state index in [1.54, 1.807) is 5.38 Å². The van der Waals surface area contributed by atoms with Crippen LogP contribution in [0, 0.1) is 10.1 Å². The van der Waals surface area contributed by atoms with Crippen molar-refractivity contribution in [3.63, 3.8) is 0 Å². The van der Waals surface area contributed by atoms with Gasteiger partial charge in [0.2, 0.25) is 0 Å². The first kappa shape index (κ1) is 8.66. The van der Waals surface area contributed by atoms with Gasteiger partial charge in [0.1, 0.15) is 10.7 Å². The molecule has 0 aromatic carbocycles. The van der Waals surface area contributed by atoms with E-state index < -0.39 is 4.92 Å². The third kappa shape index (κ3) is 1.42. The third-order valence-electron chi connectivity index (χ3n) is 1.31. The van der Waals surface area contributed by atoms with Crippen LogP contribution in [0.2, 0.25) is 0 Å². The first-order valence-electron chi connectivity index (χ1n) is 3.11. The van der Waals surface area contributed by atoms with E-state index in [9.17, 15) is 10.1 Å². The standard InChI is InChI=1S/C6H7N3O2S/c1-8-6(7)5-4(9(10)11)2-3-12-5/h2-3H,1H3,(H2,7,8). The van der Waals surface area contributed by atoms with Crippen molar-refractivity contribution in [2.45, 2.75) is 0 Å². The molecular formula is C6H7N3O2S. The van der Waals surface area contributed by atoms with Gasteiger partial charge in [-0.1, -0.05) is 0 Å². The number of thiophene rings is 1. The number of nitro groups is 1. The lowest BCUT2D eigenvalue weighted by Crippen LogP contribution is -2.12. The van der Waals surface area contributed by atoms with Crippen LogP contribution >= 0.6 is 11.3 Å². The molecule has 0 spiro atoms. The van der Waals surface area contributed by atoms with Gasteiger partial charge in [0.15, 0.2) is 0 Å². The molecule has 0 atom stereocenters. The molecular weight excluding hydrogens is 178 g/mol. The van der Waals surface area contributed by atoms with Crippen LogP contribution in [-0.4, -0.2) is 17.8 Å². The highest BCUT2D eigenvalue weighted by Crippen LogP contribution is 2.23. The molecule has 0 aliphatic heterocycles. The molecule has 0 aliphatic rings. The van der Waals surface area contributed by atoms with Gasteiger partial charge in [-0.3, -0.25) is 15.1 Å². The number of nitrogens with two attached hydrogens (primary N) is 1. The quantitative estimate of drug-likeness (QED) is 0.323. The molecule has 0 fully saturated rings. The van der Waals surface area contributed by atoms with Gasteiger partial charge >= 0.3 is 0 Å². The maximum atomic E-state index is 10.4. The number of amidine groups is 1. The first-order valence-corrected chi connectivity index (χ1v) is 3.99. The molecule has 0 saturated heterocycles. The lowest BCUT2D eigenvalue weighted by atomic mass is 10.4. The predicted octanol–water partition coefficient (Wildman–Crippen LogP) is 0.991. The van der Waals surface area contributed by atoms with E-state index in [0.717, 1.165) is 0 Å². The van der Waals surface area contributed by atoms with Gasteiger partial charge in [-0.25, -0.2) is 0 Å². The maximum Gasteiger partial charge on any atom is 0.291 e. The van der Waals surface area contributed by atoms with E-state index in [-0.39, 0.29) is 11.5 Å². The molecule has 1 aromatic heterocycles. The summed E-state index contributed by atoms with van der Waals surface area (Å²) in [6.45, 7) is 0. The molecule has 0 saturated carbocycles. The van der Waals surface area contributed by atoms with Crippen molar-refractivity contribution in [2.75, 3.05) is 7.05 Å². The van der Waals surface area contributed by atoms with Gasteiger partial charge in [-0.05, 0) is 5.38 Å². The van der Waals surface area contributed by atoms with Crippen LogP contribution in [0.5, 0.6) is 0 Å². The van der Waals surface area contributed by atoms with Crippen LogP contribution in [0.4, 0.5) is 5.69 Å². The van der Waals surface area contributed by atoms with Crippen molar-refractivity contribution >= 4 is 22.9 Å². The lowest BCUT2D eigenvalue weighted by Gasteiger charge is -1.93. The molecule has 1 heterocycles. The summed E-state index contributed by atoms with van der Waals surface area (Å²) in [6.07, 6.45) is 0. The highest BCUT2D eigenvalue weighted by atomic mass is 32.1. The Hall–Kier alpha value is -1.43. The summed E-state index contributed by atoms with van der Waals surface area (Å²) in [6, 6.07) is 1.41. The Morgan fingerprint density at radius 2 is 2.50 bits per heavy atom. The molecule has 12 heavy (non-hydrogen) atoms. The van der Waals surface area contributed by atoms with Gasteiger partial charge in [-0.2, -0.15) is 0 Å². The van der Waals surface area contributed by atoms with Crippen LogP contribution < -0.4 is 5.73 Å². The molecule has 64 valence electrons. The van der Waals surface area contributed by atoms with Gasteiger partial charge in [-0.15, -0.1) is 11.3 Å². The smallest absolute Gasteiger partial charge is 0.291 e. The highest BCUT2D eigenvalue weighted by molar-refractivity contribution is 7.12. The predicted molar refractivity (Wildman–Crippen MR) is 47.6 cm³/mol. The van der Waals surface area contributed by atoms with E-state index >= 15 is 0 Å². The van der Waals surface area contributed by atoms with Crippen LogP contribution in [0.25, 0.3) is 0 Å². The molecule has 2 N–H and O–H groups in total. The topological polar surface area (TPSA) is 81.5 Å². The van der Waals surface area contributed by atoms with Crippen molar-refractivity contribution in [2.24, 2.45) is 10.7 Å². The van der Waals surface area contributed by atoms with Crippen LogP contribution in [0.1, 0.15) is 4.88 Å². The number of hydrogen-bond donors (Lipinski definition) is 1. The van der Waals surface area contributed by atoms with E-state index in [4.69, 9.17) is 5.73 Å². The summed E-state index contributed by atoms with van der Waals surface area (Å²) in [7, 11) is 1.50. The van der Waals surface area contributed by atoms with Crippen molar-refractivity contribution in [3.05, 3.63) is 26.4 Å². The zero-order chi connectivity index (χ0) is 9.14. The normalized spacial score (nSPS) is 11.6. The van der Waals surface area contributed by atoms with E-state index in [1.807, 2.05) is 0 Å². The Labute approximate surface area is 72.7 Å². The summed E-state index contributed by atoms with van der Waals surface area (Å²) >= 11 is 1.21. The fraction of sp³-hybridized carbons (Fsp3) is 0.167. The third-order valence-corrected chi connectivity index (χ3v) is 2.24. The Bertz CT molecular complexity index is 331. The van der Waals surface area contributed by atoms with Gasteiger partial charge in [0.05, 0.1) is 4.92 Å². The molecule has 0 bridgehead atoms. The monoisotopic (exact) mass is 185 g/mol. The minimum atomic E-state index is -0.468. The first-order chi connectivity index (χ1) is 5.66. The lowest BCUT2D eigenvalue weighted by molar-refractivity contribution is -0.384. The maximum absolute atomic E-state index is 10.4. The highest BCUT2D eigenvalue weighted by Gasteiger charge is 2.17. The summed E-state index contributed by atoms with van der Waals surface area (Å²) < 4.78 is 0. The fourth-order valence-corrected chi connectivity index (χ4v) is 1.55. The average Bonchev–Trinajstić information content (AvgIpc) is 2.50. The van der Waals surface area contributed by atoms with Crippen molar-refractivity contribution in [1.29, 1.82) is 0 Å². The summed E-state index contributed by atoms with van der Waals surface area (Å²) in [5.41, 5.74) is 5.45. The minimum absolute atomic E-state index is 0.0168. The summed E-state index contributed by atoms with van der Waals surface area (Å²) in [4.78, 5) is 14.0. The average molecular weight is 185 g/mol. The zero-order valence-electron chi connectivity index (χ0n) is 6.35. The van der Waals surface area contributed by atoms with E-state index in [0.29, 0.717) is 4.88 Å². The SMILES string of the molecule is CN=C(N)c1sccc1[N+](=O)[O-]. The van der Waals surface area contributed by atoms with E-state index in [1.165, 1.54) is 24.5 Å². The van der Waals surface area contributed by atoms with Crippen molar-refractivity contribution in [3.8, 4) is 0 Å². The molecule has 1 rings (SSSR count). The Morgan fingerprint density at radius 1 is 1.83 bits per heavy atom. The second-order valence-electron chi connectivity index (χ2n) is 2.00. The molecule has 6 heteroatoms. The molecule has 0 aliphatic carbocycles. The van der Waals surface area contributed by atoms with Crippen LogP contribution in [0.15, 0.2) is 16.4 Å². The number of hydrogen-bond acceptors (Lipinski definition) is 4. The number of aliphatic imine (C=N–C) groups is 1. The van der Waals surface area contributed by atoms with Gasteiger partial charge in [0.25, 0.3) is 5.69 Å². The van der Waals surface area contributed by atoms with Crippen molar-refractivity contribution < 1.29 is 4.92 Å². The summed E-state index contributed by atoms with van der Waals surface area (Å²) in [5, 5.41) is 12.0. The Balaban J connectivity index is 3.16. The zero-order valence-corrected chi connectivity index (χ0v) is 7.17. The fourth-order valence-electron chi connectivity index (χ4n) is 0.739. The minimum Gasteiger partial charge on any atom is -0.383 e. The van der Waals surface area contributed by atoms with Crippen LogP contribution in [0.3, 0.4) is 0 Å². The number of rotatable bonds is 2. The second kappa shape index (κ2) is 3.31. The van der Waals surface area contributed by atoms with Gasteiger partial charge in [0, 0.05) is 13.1 Å². The van der Waals surface area contributed by atoms with Crippen molar-refractivity contribution in [1.82, 2.24) is 0 Å². The number of nitrogens with zero attached hydrogens (tertiary/aromatic N) is 2. The molecule has 0 amide bonds. The molecule has 1 aromatic rings. The van der Waals surface area contributed by atoms with E-state index in [2.05, 4.69) is 4.99 Å². The summed E-state index contributed by atoms with van der Waals surface area (Å²) in [5.74, 6) is 0.205. The Morgan fingerprint density at radius 3 is 3.00 bits per heavy atom. The molecule has 0 radical (unpaired) electrons. The Kier molecular flexibility index (Phi) is 2.39. The van der Waals surface area contributed by atoms with Gasteiger partial charge < -0.3 is 5.73 Å². The van der Waals surface area contributed by atoms with Crippen LogP contribution in [-0.2, 0) is 0 Å². The molecule has 5 nitrogen and oxygen atoms in total.